The highest BCUT2D eigenvalue weighted by atomic mass is 32.1. The van der Waals surface area contributed by atoms with E-state index in [2.05, 4.69) is 4.74 Å². The lowest BCUT2D eigenvalue weighted by Crippen LogP contribution is -2.31. The zero-order valence-corrected chi connectivity index (χ0v) is 11.2. The van der Waals surface area contributed by atoms with E-state index in [-0.39, 0.29) is 12.4 Å². The number of nitrogens with two attached hydrogens (primary N) is 1. The molecule has 0 saturated heterocycles. The van der Waals surface area contributed by atoms with Gasteiger partial charge >= 0.3 is 5.97 Å². The minimum Gasteiger partial charge on any atom is -0.469 e. The van der Waals surface area contributed by atoms with Crippen LogP contribution in [0, 0.1) is 0 Å². The van der Waals surface area contributed by atoms with Crippen molar-refractivity contribution in [3.8, 4) is 0 Å². The Balaban J connectivity index is 2.66. The molecular formula is C13H16N2O2S. The maximum Gasteiger partial charge on any atom is 0.309 e. The molecule has 0 bridgehead atoms. The summed E-state index contributed by atoms with van der Waals surface area (Å²) in [6.07, 6.45) is 3.89. The molecular weight excluding hydrogens is 248 g/mol. The average molecular weight is 264 g/mol. The normalized spacial score (nSPS) is 10.3. The van der Waals surface area contributed by atoms with Gasteiger partial charge in [0.25, 0.3) is 0 Å². The lowest BCUT2D eigenvalue weighted by atomic mass is 10.2. The van der Waals surface area contributed by atoms with Crippen LogP contribution in [0.1, 0.15) is 12.0 Å². The minimum absolute atomic E-state index is 0.254. The number of anilines is 1. The third-order valence-corrected chi connectivity index (χ3v) is 2.71. The van der Waals surface area contributed by atoms with Gasteiger partial charge in [-0.3, -0.25) is 4.79 Å². The second-order valence-electron chi connectivity index (χ2n) is 3.67. The Kier molecular flexibility index (Phi) is 5.32. The van der Waals surface area contributed by atoms with Crippen molar-refractivity contribution in [1.29, 1.82) is 0 Å². The molecule has 4 nitrogen and oxygen atoms in total. The van der Waals surface area contributed by atoms with E-state index in [1.165, 1.54) is 7.11 Å². The van der Waals surface area contributed by atoms with E-state index in [9.17, 15) is 4.79 Å². The van der Waals surface area contributed by atoms with Crippen LogP contribution in [0.3, 0.4) is 0 Å². The van der Waals surface area contributed by atoms with Gasteiger partial charge in [0.05, 0.1) is 13.5 Å². The van der Waals surface area contributed by atoms with Crippen LogP contribution in [-0.4, -0.2) is 25.2 Å². The van der Waals surface area contributed by atoms with Crippen molar-refractivity contribution in [2.45, 2.75) is 6.42 Å². The number of esters is 1. The van der Waals surface area contributed by atoms with Gasteiger partial charge in [0.2, 0.25) is 0 Å². The number of hydrogen-bond acceptors (Lipinski definition) is 3. The number of rotatable bonds is 4. The molecule has 0 aromatic heterocycles. The van der Waals surface area contributed by atoms with Gasteiger partial charge in [-0.25, -0.2) is 0 Å². The first-order chi connectivity index (χ1) is 8.54. The number of thiocarbonyl (C=S) groups is 1. The third kappa shape index (κ3) is 4.18. The third-order valence-electron chi connectivity index (χ3n) is 2.43. The van der Waals surface area contributed by atoms with Gasteiger partial charge in [-0.2, -0.15) is 0 Å². The number of hydrogen-bond donors (Lipinski definition) is 1. The summed E-state index contributed by atoms with van der Waals surface area (Å²) in [5, 5.41) is 0.323. The molecule has 0 aliphatic carbocycles. The van der Waals surface area contributed by atoms with E-state index in [4.69, 9.17) is 18.0 Å². The summed E-state index contributed by atoms with van der Waals surface area (Å²) >= 11 is 4.88. The molecule has 18 heavy (non-hydrogen) atoms. The molecule has 2 N–H and O–H groups in total. The highest BCUT2D eigenvalue weighted by molar-refractivity contribution is 7.80. The number of benzene rings is 1. The number of carbonyl (C=O) groups excluding carboxylic acids is 1. The highest BCUT2D eigenvalue weighted by Gasteiger charge is 2.01. The van der Waals surface area contributed by atoms with Crippen LogP contribution < -0.4 is 10.6 Å². The van der Waals surface area contributed by atoms with Gasteiger partial charge < -0.3 is 15.4 Å². The van der Waals surface area contributed by atoms with Crippen LogP contribution in [0.25, 0.3) is 6.08 Å². The predicted octanol–water partition coefficient (Wildman–Crippen LogP) is 1.94. The average Bonchev–Trinajstić information content (AvgIpc) is 2.38. The largest absolute Gasteiger partial charge is 0.469 e. The fourth-order valence-electron chi connectivity index (χ4n) is 1.31. The molecule has 5 heteroatoms. The molecule has 1 aromatic rings. The van der Waals surface area contributed by atoms with E-state index in [0.717, 1.165) is 11.3 Å². The maximum atomic E-state index is 10.9. The van der Waals surface area contributed by atoms with Gasteiger partial charge in [0.1, 0.15) is 0 Å². The molecule has 0 amide bonds. The molecule has 0 fully saturated rings. The van der Waals surface area contributed by atoms with Crippen LogP contribution in [0.15, 0.2) is 30.3 Å². The molecule has 96 valence electrons. The minimum atomic E-state index is -0.254. The summed E-state index contributed by atoms with van der Waals surface area (Å²) in [5.41, 5.74) is 7.45. The topological polar surface area (TPSA) is 55.6 Å². The number of nitrogens with zero attached hydrogens (tertiary/aromatic N) is 1. The van der Waals surface area contributed by atoms with Crippen molar-refractivity contribution in [2.75, 3.05) is 19.1 Å². The van der Waals surface area contributed by atoms with Crippen molar-refractivity contribution in [3.05, 3.63) is 35.9 Å². The molecule has 0 spiro atoms. The van der Waals surface area contributed by atoms with E-state index < -0.39 is 0 Å². The first kappa shape index (κ1) is 14.2. The lowest BCUT2D eigenvalue weighted by Gasteiger charge is -2.16. The summed E-state index contributed by atoms with van der Waals surface area (Å²) in [7, 11) is 3.18. The van der Waals surface area contributed by atoms with E-state index in [1.54, 1.807) is 11.0 Å². The zero-order valence-electron chi connectivity index (χ0n) is 10.4. The molecule has 0 saturated carbocycles. The van der Waals surface area contributed by atoms with Gasteiger partial charge in [-0.15, -0.1) is 0 Å². The Morgan fingerprint density at radius 1 is 1.44 bits per heavy atom. The summed E-state index contributed by atoms with van der Waals surface area (Å²) < 4.78 is 4.54. The lowest BCUT2D eigenvalue weighted by molar-refractivity contribution is -0.139. The molecule has 1 aromatic carbocycles. The molecule has 0 radical (unpaired) electrons. The van der Waals surface area contributed by atoms with E-state index in [0.29, 0.717) is 5.11 Å². The van der Waals surface area contributed by atoms with Crippen molar-refractivity contribution < 1.29 is 9.53 Å². The number of methoxy groups -OCH3 is 1. The zero-order chi connectivity index (χ0) is 13.5. The molecule has 0 heterocycles. The van der Waals surface area contributed by atoms with Crippen LogP contribution in [0.2, 0.25) is 0 Å². The quantitative estimate of drug-likeness (QED) is 0.665. The number of carbonyl (C=O) groups is 1. The summed E-state index contributed by atoms with van der Waals surface area (Å²) in [4.78, 5) is 12.6. The maximum absolute atomic E-state index is 10.9. The smallest absolute Gasteiger partial charge is 0.309 e. The molecule has 0 aliphatic heterocycles. The van der Waals surface area contributed by atoms with Crippen LogP contribution >= 0.6 is 12.2 Å². The summed E-state index contributed by atoms with van der Waals surface area (Å²) in [5.74, 6) is -0.254. The molecule has 0 atom stereocenters. The second-order valence-corrected chi connectivity index (χ2v) is 4.09. The van der Waals surface area contributed by atoms with Crippen LogP contribution in [0.4, 0.5) is 5.69 Å². The SMILES string of the molecule is COC(=O)CC=Cc1ccc(N(C)C(N)=S)cc1. The van der Waals surface area contributed by atoms with E-state index >= 15 is 0 Å². The number of ether oxygens (including phenoxy) is 1. The Morgan fingerprint density at radius 2 is 2.06 bits per heavy atom. The van der Waals surface area contributed by atoms with Gasteiger partial charge in [-0.1, -0.05) is 24.3 Å². The van der Waals surface area contributed by atoms with E-state index in [1.807, 2.05) is 37.4 Å². The summed E-state index contributed by atoms with van der Waals surface area (Å²) in [6.45, 7) is 0. The highest BCUT2D eigenvalue weighted by Crippen LogP contribution is 2.14. The molecule has 0 unspecified atom stereocenters. The predicted molar refractivity (Wildman–Crippen MR) is 77.3 cm³/mol. The first-order valence-corrected chi connectivity index (χ1v) is 5.82. The summed E-state index contributed by atoms with van der Waals surface area (Å²) in [6, 6.07) is 7.68. The van der Waals surface area contributed by atoms with Crippen LogP contribution in [0.5, 0.6) is 0 Å². The standard InChI is InChI=1S/C13H16N2O2S/c1-15(13(14)18)11-8-6-10(7-9-11)4-3-5-12(16)17-2/h3-4,6-9H,5H2,1-2H3,(H2,14,18). The Morgan fingerprint density at radius 3 is 2.56 bits per heavy atom. The Hall–Kier alpha value is -1.88. The van der Waals surface area contributed by atoms with Crippen molar-refractivity contribution >= 4 is 35.1 Å². The van der Waals surface area contributed by atoms with Crippen molar-refractivity contribution in [1.82, 2.24) is 0 Å². The van der Waals surface area contributed by atoms with Gasteiger partial charge in [-0.05, 0) is 29.9 Å². The second kappa shape index (κ2) is 6.76. The van der Waals surface area contributed by atoms with Crippen molar-refractivity contribution in [2.24, 2.45) is 5.73 Å². The van der Waals surface area contributed by atoms with Gasteiger partial charge in [0, 0.05) is 12.7 Å². The fraction of sp³-hybridized carbons (Fsp3) is 0.231. The molecule has 1 rings (SSSR count). The van der Waals surface area contributed by atoms with Crippen LogP contribution in [-0.2, 0) is 9.53 Å². The fourth-order valence-corrected chi connectivity index (χ4v) is 1.42. The molecule has 0 aliphatic rings. The Labute approximate surface area is 112 Å². The Bertz CT molecular complexity index is 455. The van der Waals surface area contributed by atoms with Crippen molar-refractivity contribution in [3.63, 3.8) is 0 Å². The van der Waals surface area contributed by atoms with Gasteiger partial charge in [0.15, 0.2) is 5.11 Å². The first-order valence-electron chi connectivity index (χ1n) is 5.41. The monoisotopic (exact) mass is 264 g/mol.